The van der Waals surface area contributed by atoms with E-state index in [9.17, 15) is 14.8 Å². The second-order valence-corrected chi connectivity index (χ2v) is 11.0. The van der Waals surface area contributed by atoms with Gasteiger partial charge in [0.2, 0.25) is 5.91 Å². The van der Waals surface area contributed by atoms with E-state index in [4.69, 9.17) is 12.2 Å². The molecule has 218 valence electrons. The summed E-state index contributed by atoms with van der Waals surface area (Å²) in [5, 5.41) is 20.5. The van der Waals surface area contributed by atoms with Crippen LogP contribution < -0.4 is 11.1 Å². The molecule has 2 atom stereocenters. The number of hydrogen-bond acceptors (Lipinski definition) is 9. The Labute approximate surface area is 244 Å². The lowest BCUT2D eigenvalue weighted by molar-refractivity contribution is -0.130. The van der Waals surface area contributed by atoms with Crippen LogP contribution in [-0.4, -0.2) is 92.4 Å². The van der Waals surface area contributed by atoms with Crippen molar-refractivity contribution < 1.29 is 14.8 Å². The van der Waals surface area contributed by atoms with Crippen molar-refractivity contribution in [2.24, 2.45) is 10.1 Å². The number of fused-ring (bicyclic) bond motifs is 2. The molecular weight excluding hydrogens is 542 g/mol. The van der Waals surface area contributed by atoms with E-state index in [-0.39, 0.29) is 31.6 Å². The molecule has 41 heavy (non-hydrogen) atoms. The van der Waals surface area contributed by atoms with Gasteiger partial charge in [-0.25, -0.2) is 14.8 Å². The molecule has 3 heterocycles. The second kappa shape index (κ2) is 13.5. The summed E-state index contributed by atoms with van der Waals surface area (Å²) in [6.45, 7) is 6.88. The number of oxime groups is 1. The first-order valence-corrected chi connectivity index (χ1v) is 14.4. The number of nitrogens with zero attached hydrogens (tertiary/aromatic N) is 7. The van der Waals surface area contributed by atoms with Crippen molar-refractivity contribution in [2.75, 3.05) is 31.9 Å². The molecule has 2 aliphatic heterocycles. The number of benzene rings is 1. The van der Waals surface area contributed by atoms with Gasteiger partial charge in [0.25, 0.3) is 0 Å². The molecule has 4 N–H and O–H groups in total. The van der Waals surface area contributed by atoms with Gasteiger partial charge in [0, 0.05) is 25.5 Å². The number of aliphatic imine (C=N–C) groups is 1. The van der Waals surface area contributed by atoms with Gasteiger partial charge < -0.3 is 26.1 Å². The molecule has 2 aromatic rings. The molecule has 1 aromatic carbocycles. The van der Waals surface area contributed by atoms with Crippen molar-refractivity contribution in [2.45, 2.75) is 58.8 Å². The summed E-state index contributed by atoms with van der Waals surface area (Å²) in [7, 11) is 0. The Bertz CT molecular complexity index is 1400. The van der Waals surface area contributed by atoms with Crippen LogP contribution in [-0.2, 0) is 11.3 Å². The van der Waals surface area contributed by atoms with E-state index < -0.39 is 12.2 Å². The van der Waals surface area contributed by atoms with Crippen molar-refractivity contribution in [3.8, 4) is 12.3 Å². The Morgan fingerprint density at radius 1 is 1.44 bits per heavy atom. The molecule has 0 radical (unpaired) electrons. The highest BCUT2D eigenvalue weighted by atomic mass is 32.1. The van der Waals surface area contributed by atoms with Crippen molar-refractivity contribution in [1.82, 2.24) is 30.1 Å². The molecule has 1 aromatic heterocycles. The molecule has 0 bridgehead atoms. The fraction of sp³-hybridized carbons (Fsp3) is 0.464. The number of para-hydroxylation sites is 1. The Hall–Kier alpha value is -4.15. The van der Waals surface area contributed by atoms with Gasteiger partial charge in [-0.05, 0) is 38.3 Å². The summed E-state index contributed by atoms with van der Waals surface area (Å²) in [5.41, 5.74) is 8.58. The smallest absolute Gasteiger partial charge is 0.332 e. The van der Waals surface area contributed by atoms with Crippen LogP contribution in [0.25, 0.3) is 10.2 Å². The maximum absolute atomic E-state index is 13.6. The zero-order valence-corrected chi connectivity index (χ0v) is 24.5. The Kier molecular flexibility index (Phi) is 9.80. The Balaban J connectivity index is 1.73. The van der Waals surface area contributed by atoms with E-state index in [0.717, 1.165) is 34.2 Å². The number of amidine groups is 1. The standard InChI is InChI=1S/C28H37N9O3S/c1-5-8-12-31-28(39)35(13-6-2)36-18-24(38)37-21(14-19(4)15-30-7-3)26(33-40)34(17-23(36)37)16-20-10-9-11-22-25(20)32-27(29)41-22/h2,7,9-11,15,21,23,40H,5,8,12-14,16-18H2,1,3-4H3,(H2,29,32)(H,31,39)/b19-15+,30-7-,33-26+/t21-,23+/m0/s1. The van der Waals surface area contributed by atoms with Gasteiger partial charge in [0.05, 0.1) is 35.9 Å². The number of nitrogen functional groups attached to an aromatic ring is 1. The third kappa shape index (κ3) is 6.44. The van der Waals surface area contributed by atoms with Crippen molar-refractivity contribution >= 4 is 50.7 Å². The zero-order chi connectivity index (χ0) is 29.5. The number of aromatic nitrogens is 1. The number of thiazole rings is 1. The van der Waals surface area contributed by atoms with Crippen molar-refractivity contribution in [3.63, 3.8) is 0 Å². The summed E-state index contributed by atoms with van der Waals surface area (Å²) in [6.07, 6.45) is 10.7. The highest BCUT2D eigenvalue weighted by molar-refractivity contribution is 7.22. The molecule has 12 nitrogen and oxygen atoms in total. The third-order valence-corrected chi connectivity index (χ3v) is 7.98. The number of unbranched alkanes of at least 4 members (excludes halogenated alkanes) is 1. The van der Waals surface area contributed by atoms with Crippen LogP contribution in [0.15, 0.2) is 40.1 Å². The lowest BCUT2D eigenvalue weighted by Gasteiger charge is -2.47. The molecule has 2 fully saturated rings. The molecule has 13 heteroatoms. The van der Waals surface area contributed by atoms with Gasteiger partial charge in [-0.2, -0.15) is 5.01 Å². The maximum atomic E-state index is 13.6. The lowest BCUT2D eigenvalue weighted by Crippen LogP contribution is -2.65. The summed E-state index contributed by atoms with van der Waals surface area (Å²) >= 11 is 1.40. The molecule has 2 saturated heterocycles. The maximum Gasteiger partial charge on any atom is 0.332 e. The third-order valence-electron chi connectivity index (χ3n) is 7.13. The number of rotatable bonds is 10. The second-order valence-electron chi connectivity index (χ2n) is 9.98. The Morgan fingerprint density at radius 2 is 2.24 bits per heavy atom. The molecule has 2 aliphatic rings. The topological polar surface area (TPSA) is 143 Å². The molecule has 3 amide bonds. The van der Waals surface area contributed by atoms with E-state index in [2.05, 4.69) is 26.4 Å². The number of nitrogens with two attached hydrogens (primary N) is 1. The monoisotopic (exact) mass is 579 g/mol. The van der Waals surface area contributed by atoms with Crippen LogP contribution >= 0.6 is 11.3 Å². The first-order chi connectivity index (χ1) is 19.8. The first kappa shape index (κ1) is 29.8. The number of urea groups is 1. The van der Waals surface area contributed by atoms with Crippen molar-refractivity contribution in [3.05, 3.63) is 35.5 Å². The predicted octanol–water partition coefficient (Wildman–Crippen LogP) is 3.07. The van der Waals surface area contributed by atoms with E-state index in [1.807, 2.05) is 43.9 Å². The lowest BCUT2D eigenvalue weighted by atomic mass is 10.0. The van der Waals surface area contributed by atoms with E-state index in [1.165, 1.54) is 16.3 Å². The summed E-state index contributed by atoms with van der Waals surface area (Å²) < 4.78 is 0.954. The fourth-order valence-corrected chi connectivity index (χ4v) is 6.06. The van der Waals surface area contributed by atoms with Crippen molar-refractivity contribution in [1.29, 1.82) is 0 Å². The summed E-state index contributed by atoms with van der Waals surface area (Å²) in [5.74, 6) is 2.72. The van der Waals surface area contributed by atoms with Crippen LogP contribution in [0.2, 0.25) is 0 Å². The average Bonchev–Trinajstić information content (AvgIpc) is 3.49. The number of hydrogen-bond donors (Lipinski definition) is 3. The average molecular weight is 580 g/mol. The minimum absolute atomic E-state index is 0.00272. The molecule has 0 spiro atoms. The Morgan fingerprint density at radius 3 is 2.95 bits per heavy atom. The number of amides is 3. The number of hydrazine groups is 1. The van der Waals surface area contributed by atoms with Gasteiger partial charge in [0.15, 0.2) is 11.0 Å². The highest BCUT2D eigenvalue weighted by Crippen LogP contribution is 2.33. The molecule has 0 unspecified atom stereocenters. The van der Waals surface area contributed by atoms with Gasteiger partial charge in [-0.15, -0.1) is 6.42 Å². The van der Waals surface area contributed by atoms with E-state index >= 15 is 0 Å². The largest absolute Gasteiger partial charge is 0.409 e. The summed E-state index contributed by atoms with van der Waals surface area (Å²) in [4.78, 5) is 39.2. The number of carbonyl (C=O) groups excluding carboxylic acids is 2. The highest BCUT2D eigenvalue weighted by Gasteiger charge is 2.51. The minimum atomic E-state index is -0.602. The van der Waals surface area contributed by atoms with Gasteiger partial charge >= 0.3 is 6.03 Å². The number of piperazine rings is 1. The molecule has 4 rings (SSSR count). The van der Waals surface area contributed by atoms with Crippen LogP contribution in [0.5, 0.6) is 0 Å². The van der Waals surface area contributed by atoms with Crippen LogP contribution in [0.4, 0.5) is 9.93 Å². The zero-order valence-electron chi connectivity index (χ0n) is 23.7. The van der Waals surface area contributed by atoms with E-state index in [0.29, 0.717) is 30.5 Å². The van der Waals surface area contributed by atoms with Crippen LogP contribution in [0, 0.1) is 12.3 Å². The van der Waals surface area contributed by atoms with Gasteiger partial charge in [-0.1, -0.05) is 53.5 Å². The quantitative estimate of drug-likeness (QED) is 0.129. The van der Waals surface area contributed by atoms with Gasteiger partial charge in [0.1, 0.15) is 6.17 Å². The summed E-state index contributed by atoms with van der Waals surface area (Å²) in [6, 6.07) is 4.91. The minimum Gasteiger partial charge on any atom is -0.409 e. The van der Waals surface area contributed by atoms with E-state index in [1.54, 1.807) is 22.3 Å². The number of terminal acetylenes is 1. The van der Waals surface area contributed by atoms with Crippen LogP contribution in [0.1, 0.15) is 45.6 Å². The molecule has 0 saturated carbocycles. The number of carbonyl (C=O) groups is 2. The van der Waals surface area contributed by atoms with Gasteiger partial charge in [-0.3, -0.25) is 9.79 Å². The normalized spacial score (nSPS) is 20.7. The molecule has 0 aliphatic carbocycles. The van der Waals surface area contributed by atoms with Crippen LogP contribution in [0.3, 0.4) is 0 Å². The SMILES string of the molecule is C#CCN(C(=O)NCCCC)N1CC(=O)N2[C@@H](C/C(C)=C/N=C\C)/C(=N\O)N(Cc3cccc4sc(N)nc34)C[C@@H]21. The first-order valence-electron chi connectivity index (χ1n) is 13.6. The fourth-order valence-electron chi connectivity index (χ4n) is 5.28. The number of nitrogens with one attached hydrogen (secondary N) is 1. The molecular formula is C28H37N9O3S. The number of anilines is 1. The predicted molar refractivity (Wildman–Crippen MR) is 161 cm³/mol.